The van der Waals surface area contributed by atoms with E-state index in [0.29, 0.717) is 5.69 Å². The van der Waals surface area contributed by atoms with E-state index < -0.39 is 7.26 Å². The third kappa shape index (κ3) is 3.75. The second-order valence-corrected chi connectivity index (χ2v) is 11.5. The molecule has 1 atom stereocenters. The Labute approximate surface area is 141 Å². The fourth-order valence-corrected chi connectivity index (χ4v) is 8.25. The number of aryl methyl sites for hydroxylation is 2. The molecular formula is C19H28N2OP+. The lowest BCUT2D eigenvalue weighted by Crippen LogP contribution is -2.33. The first-order valence-electron chi connectivity index (χ1n) is 8.59. The van der Waals surface area contributed by atoms with Crippen LogP contribution in [0.1, 0.15) is 44.2 Å². The van der Waals surface area contributed by atoms with Crippen molar-refractivity contribution in [1.82, 2.24) is 0 Å². The van der Waals surface area contributed by atoms with Crippen LogP contribution < -0.4 is 5.32 Å². The number of nitrogens with one attached hydrogen (secondary N) is 1. The average Bonchev–Trinajstić information content (AvgIpc) is 2.57. The van der Waals surface area contributed by atoms with Gasteiger partial charge in [-0.15, -0.1) is 0 Å². The van der Waals surface area contributed by atoms with Crippen LogP contribution in [0.4, 0.5) is 11.4 Å². The first kappa shape index (κ1) is 18.0. The van der Waals surface area contributed by atoms with Gasteiger partial charge in [0.15, 0.2) is 5.69 Å². The molecule has 0 radical (unpaired) electrons. The minimum Gasteiger partial charge on any atom is -0.322 e. The van der Waals surface area contributed by atoms with E-state index in [2.05, 4.69) is 24.0 Å². The number of benzene rings is 1. The van der Waals surface area contributed by atoms with Crippen LogP contribution in [0.2, 0.25) is 0 Å². The van der Waals surface area contributed by atoms with Crippen LogP contribution in [0.5, 0.6) is 0 Å². The highest BCUT2D eigenvalue weighted by molar-refractivity contribution is 7.77. The molecule has 1 saturated heterocycles. The number of anilines is 1. The molecule has 0 bridgehead atoms. The van der Waals surface area contributed by atoms with Crippen molar-refractivity contribution >= 4 is 24.5 Å². The normalized spacial score (nSPS) is 18.0. The van der Waals surface area contributed by atoms with Crippen molar-refractivity contribution in [1.29, 1.82) is 0 Å². The van der Waals surface area contributed by atoms with E-state index in [4.69, 9.17) is 6.57 Å². The summed E-state index contributed by atoms with van der Waals surface area (Å²) in [6.45, 7) is 15.5. The third-order valence-electron chi connectivity index (χ3n) is 5.43. The van der Waals surface area contributed by atoms with Gasteiger partial charge in [0.1, 0.15) is 5.66 Å². The maximum atomic E-state index is 12.9. The van der Waals surface area contributed by atoms with Gasteiger partial charge < -0.3 is 5.32 Å². The molecule has 124 valence electrons. The largest absolute Gasteiger partial charge is 0.322 e. The molecule has 1 aliphatic rings. The zero-order valence-corrected chi connectivity index (χ0v) is 15.7. The van der Waals surface area contributed by atoms with Gasteiger partial charge in [0, 0.05) is 12.9 Å². The van der Waals surface area contributed by atoms with Crippen LogP contribution in [0.3, 0.4) is 0 Å². The highest BCUT2D eigenvalue weighted by Crippen LogP contribution is 2.65. The lowest BCUT2D eigenvalue weighted by molar-refractivity contribution is -0.115. The van der Waals surface area contributed by atoms with Gasteiger partial charge in [-0.05, 0) is 58.1 Å². The minimum atomic E-state index is -1.16. The Balaban J connectivity index is 2.20. The molecular weight excluding hydrogens is 303 g/mol. The fraction of sp³-hybridized carbons (Fsp3) is 0.579. The molecule has 0 aliphatic carbocycles. The molecule has 1 fully saturated rings. The Kier molecular flexibility index (Phi) is 5.82. The monoisotopic (exact) mass is 331 g/mol. The lowest BCUT2D eigenvalue weighted by atomic mass is 10.1. The van der Waals surface area contributed by atoms with Crippen molar-refractivity contribution in [3.05, 3.63) is 34.7 Å². The van der Waals surface area contributed by atoms with Crippen LogP contribution in [0.25, 0.3) is 4.85 Å². The summed E-state index contributed by atoms with van der Waals surface area (Å²) in [7, 11) is -1.16. The van der Waals surface area contributed by atoms with E-state index in [1.807, 2.05) is 26.0 Å². The number of carbonyl (C=O) groups is 1. The standard InChI is InChI=1S/C19H27N2OP/c1-6-23(10-8-7-9-11-23)16(4)19(22)21-18-14(2)12-17(20-5)13-15(18)3/h12-13,16H,6-11H2,1-4H3/p+1. The van der Waals surface area contributed by atoms with E-state index in [0.717, 1.165) is 16.8 Å². The molecule has 3 nitrogen and oxygen atoms in total. The molecule has 23 heavy (non-hydrogen) atoms. The predicted octanol–water partition coefficient (Wildman–Crippen LogP) is 5.40. The number of rotatable bonds is 4. The Morgan fingerprint density at radius 2 is 1.83 bits per heavy atom. The van der Waals surface area contributed by atoms with Crippen molar-refractivity contribution in [3.63, 3.8) is 0 Å². The summed E-state index contributed by atoms with van der Waals surface area (Å²) in [6.07, 6.45) is 7.62. The van der Waals surface area contributed by atoms with Gasteiger partial charge in [-0.25, -0.2) is 4.85 Å². The molecule has 1 amide bonds. The summed E-state index contributed by atoms with van der Waals surface area (Å²) in [5, 5.41) is 3.17. The third-order valence-corrected chi connectivity index (χ3v) is 11.0. The van der Waals surface area contributed by atoms with Crippen LogP contribution in [0.15, 0.2) is 12.1 Å². The summed E-state index contributed by atoms with van der Waals surface area (Å²) in [6, 6.07) is 3.71. The van der Waals surface area contributed by atoms with E-state index in [1.165, 1.54) is 37.7 Å². The summed E-state index contributed by atoms with van der Waals surface area (Å²) in [5.74, 6) is 0.170. The van der Waals surface area contributed by atoms with Gasteiger partial charge in [0.2, 0.25) is 0 Å². The highest BCUT2D eigenvalue weighted by atomic mass is 31.2. The number of amides is 1. The number of carbonyl (C=O) groups excluding carboxylic acids is 1. The smallest absolute Gasteiger partial charge is 0.264 e. The molecule has 1 aromatic carbocycles. The van der Waals surface area contributed by atoms with E-state index in [9.17, 15) is 4.79 Å². The maximum absolute atomic E-state index is 12.9. The van der Waals surface area contributed by atoms with Crippen LogP contribution in [0, 0.1) is 20.4 Å². The van der Waals surface area contributed by atoms with E-state index in [1.54, 1.807) is 0 Å². The second kappa shape index (κ2) is 7.45. The number of nitrogens with zero attached hydrogens (tertiary/aromatic N) is 1. The summed E-state index contributed by atoms with van der Waals surface area (Å²) < 4.78 is 0. The van der Waals surface area contributed by atoms with Crippen LogP contribution in [-0.2, 0) is 4.79 Å². The van der Waals surface area contributed by atoms with Gasteiger partial charge in [-0.3, -0.25) is 4.79 Å². The Morgan fingerprint density at radius 3 is 2.30 bits per heavy atom. The van der Waals surface area contributed by atoms with Gasteiger partial charge in [-0.2, -0.15) is 0 Å². The SMILES string of the molecule is [C-]#[N+]c1cc(C)c(NC(=O)C(C)[P+]2(CC)CCCCC2)c(C)c1. The lowest BCUT2D eigenvalue weighted by Gasteiger charge is -2.34. The van der Waals surface area contributed by atoms with Gasteiger partial charge >= 0.3 is 0 Å². The number of hydrogen-bond acceptors (Lipinski definition) is 1. The Bertz CT molecular complexity index is 604. The summed E-state index contributed by atoms with van der Waals surface area (Å²) in [4.78, 5) is 16.4. The molecule has 1 unspecified atom stereocenters. The van der Waals surface area contributed by atoms with Crippen molar-refractivity contribution in [2.75, 3.05) is 23.8 Å². The zero-order chi connectivity index (χ0) is 17.0. The first-order chi connectivity index (χ1) is 10.9. The average molecular weight is 331 g/mol. The first-order valence-corrected chi connectivity index (χ1v) is 11.0. The highest BCUT2D eigenvalue weighted by Gasteiger charge is 2.46. The quantitative estimate of drug-likeness (QED) is 0.581. The molecule has 0 aromatic heterocycles. The van der Waals surface area contributed by atoms with Gasteiger partial charge in [-0.1, -0.05) is 12.1 Å². The molecule has 1 heterocycles. The Morgan fingerprint density at radius 1 is 1.26 bits per heavy atom. The van der Waals surface area contributed by atoms with Crippen molar-refractivity contribution in [2.24, 2.45) is 0 Å². The Hall–Kier alpha value is -1.39. The van der Waals surface area contributed by atoms with Gasteiger partial charge in [0.05, 0.1) is 25.1 Å². The summed E-state index contributed by atoms with van der Waals surface area (Å²) >= 11 is 0. The van der Waals surface area contributed by atoms with Crippen molar-refractivity contribution in [3.8, 4) is 0 Å². The topological polar surface area (TPSA) is 33.5 Å². The molecule has 1 aromatic rings. The molecule has 1 N–H and O–H groups in total. The molecule has 1 aliphatic heterocycles. The second-order valence-electron chi connectivity index (χ2n) is 6.77. The summed E-state index contributed by atoms with van der Waals surface area (Å²) in [5.41, 5.74) is 3.61. The van der Waals surface area contributed by atoms with E-state index >= 15 is 0 Å². The van der Waals surface area contributed by atoms with Crippen LogP contribution >= 0.6 is 7.26 Å². The predicted molar refractivity (Wildman–Crippen MR) is 101 cm³/mol. The van der Waals surface area contributed by atoms with Crippen molar-refractivity contribution in [2.45, 2.75) is 52.6 Å². The number of hydrogen-bond donors (Lipinski definition) is 1. The molecule has 0 saturated carbocycles. The molecule has 0 spiro atoms. The van der Waals surface area contributed by atoms with Crippen molar-refractivity contribution < 1.29 is 4.79 Å². The van der Waals surface area contributed by atoms with Gasteiger partial charge in [0.25, 0.3) is 5.91 Å². The minimum absolute atomic E-state index is 0.132. The molecule has 2 rings (SSSR count). The molecule has 4 heteroatoms. The van der Waals surface area contributed by atoms with Crippen LogP contribution in [-0.4, -0.2) is 30.1 Å². The van der Waals surface area contributed by atoms with E-state index in [-0.39, 0.29) is 11.6 Å². The zero-order valence-electron chi connectivity index (χ0n) is 14.8. The fourth-order valence-electron chi connectivity index (χ4n) is 3.80. The maximum Gasteiger partial charge on any atom is 0.264 e.